The van der Waals surface area contributed by atoms with Crippen LogP contribution in [-0.4, -0.2) is 7.11 Å². The van der Waals surface area contributed by atoms with Crippen molar-refractivity contribution in [1.82, 2.24) is 0 Å². The van der Waals surface area contributed by atoms with Crippen LogP contribution in [0.3, 0.4) is 0 Å². The van der Waals surface area contributed by atoms with Gasteiger partial charge in [0.1, 0.15) is 0 Å². The Bertz CT molecular complexity index is 295. The minimum atomic E-state index is 0.660. The fourth-order valence-corrected chi connectivity index (χ4v) is 1.14. The average molecular weight is 203 g/mol. The molecule has 0 aromatic heterocycles. The fraction of sp³-hybridized carbons (Fsp3) is 0.111. The van der Waals surface area contributed by atoms with E-state index in [1.165, 1.54) is 0 Å². The predicted octanol–water partition coefficient (Wildman–Crippen LogP) is 3.61. The summed E-state index contributed by atoms with van der Waals surface area (Å²) in [7, 11) is 1.58. The van der Waals surface area contributed by atoms with Crippen molar-refractivity contribution >= 4 is 29.3 Å². The van der Waals surface area contributed by atoms with Crippen LogP contribution in [0.2, 0.25) is 10.0 Å². The molecule has 0 bridgehead atoms. The van der Waals surface area contributed by atoms with Crippen LogP contribution in [0.5, 0.6) is 0 Å². The minimum Gasteiger partial charge on any atom is -0.504 e. The Labute approximate surface area is 81.6 Å². The Kier molecular flexibility index (Phi) is 3.45. The van der Waals surface area contributed by atoms with Crippen molar-refractivity contribution in [3.05, 3.63) is 40.1 Å². The van der Waals surface area contributed by atoms with Gasteiger partial charge in [-0.2, -0.15) is 0 Å². The van der Waals surface area contributed by atoms with E-state index in [1.807, 2.05) is 0 Å². The summed E-state index contributed by atoms with van der Waals surface area (Å²) in [4.78, 5) is 0. The standard InChI is InChI=1S/C9H8Cl2O/c1-12-5-4-7-6-8(10)2-3-9(7)11/h2-6H,1H3/b5-4+. The molecule has 0 radical (unpaired) electrons. The van der Waals surface area contributed by atoms with Crippen LogP contribution >= 0.6 is 23.2 Å². The molecule has 1 aromatic carbocycles. The summed E-state index contributed by atoms with van der Waals surface area (Å²) in [6.45, 7) is 0. The molecule has 0 unspecified atom stereocenters. The zero-order valence-corrected chi connectivity index (χ0v) is 8.06. The van der Waals surface area contributed by atoms with Gasteiger partial charge in [0.25, 0.3) is 0 Å². The lowest BCUT2D eigenvalue weighted by Gasteiger charge is -1.97. The molecule has 0 amide bonds. The molecule has 1 nitrogen and oxygen atoms in total. The maximum Gasteiger partial charge on any atom is 0.0831 e. The topological polar surface area (TPSA) is 9.23 Å². The van der Waals surface area contributed by atoms with E-state index in [4.69, 9.17) is 27.9 Å². The zero-order chi connectivity index (χ0) is 8.97. The fourth-order valence-electron chi connectivity index (χ4n) is 0.784. The minimum absolute atomic E-state index is 0.660. The highest BCUT2D eigenvalue weighted by molar-refractivity contribution is 6.34. The average Bonchev–Trinajstić information content (AvgIpc) is 2.07. The van der Waals surface area contributed by atoms with Crippen molar-refractivity contribution in [3.8, 4) is 0 Å². The monoisotopic (exact) mass is 202 g/mol. The third kappa shape index (κ3) is 2.43. The van der Waals surface area contributed by atoms with Gasteiger partial charge in [-0.05, 0) is 29.8 Å². The number of hydrogen-bond donors (Lipinski definition) is 0. The van der Waals surface area contributed by atoms with Crippen molar-refractivity contribution in [2.75, 3.05) is 7.11 Å². The molecule has 0 saturated carbocycles. The maximum absolute atomic E-state index is 5.87. The summed E-state index contributed by atoms with van der Waals surface area (Å²) in [5.41, 5.74) is 0.853. The first-order chi connectivity index (χ1) is 5.74. The molecule has 0 heterocycles. The Hall–Kier alpha value is -0.660. The second-order valence-electron chi connectivity index (χ2n) is 2.20. The highest BCUT2D eigenvalue weighted by atomic mass is 35.5. The third-order valence-electron chi connectivity index (χ3n) is 1.34. The maximum atomic E-state index is 5.87. The van der Waals surface area contributed by atoms with Gasteiger partial charge in [0, 0.05) is 10.0 Å². The normalized spacial score (nSPS) is 10.6. The zero-order valence-electron chi connectivity index (χ0n) is 6.55. The summed E-state index contributed by atoms with van der Waals surface area (Å²) < 4.78 is 4.76. The quantitative estimate of drug-likeness (QED) is 0.667. The number of halogens is 2. The largest absolute Gasteiger partial charge is 0.504 e. The number of benzene rings is 1. The molecule has 1 aromatic rings. The molecule has 0 aliphatic rings. The molecule has 0 aliphatic carbocycles. The van der Waals surface area contributed by atoms with Crippen molar-refractivity contribution in [2.24, 2.45) is 0 Å². The number of ether oxygens (including phenoxy) is 1. The molecular weight excluding hydrogens is 195 g/mol. The Morgan fingerprint density at radius 1 is 1.33 bits per heavy atom. The van der Waals surface area contributed by atoms with Crippen molar-refractivity contribution in [1.29, 1.82) is 0 Å². The molecule has 0 atom stereocenters. The van der Waals surface area contributed by atoms with E-state index in [1.54, 1.807) is 37.6 Å². The van der Waals surface area contributed by atoms with Crippen LogP contribution in [0.1, 0.15) is 5.56 Å². The number of methoxy groups -OCH3 is 1. The van der Waals surface area contributed by atoms with E-state index >= 15 is 0 Å². The molecule has 0 spiro atoms. The van der Waals surface area contributed by atoms with Gasteiger partial charge in [-0.15, -0.1) is 0 Å². The SMILES string of the molecule is CO/C=C/c1cc(Cl)ccc1Cl. The van der Waals surface area contributed by atoms with Gasteiger partial charge in [0.2, 0.25) is 0 Å². The lowest BCUT2D eigenvalue weighted by molar-refractivity contribution is 0.341. The van der Waals surface area contributed by atoms with E-state index in [2.05, 4.69) is 0 Å². The van der Waals surface area contributed by atoms with Crippen molar-refractivity contribution in [2.45, 2.75) is 0 Å². The predicted molar refractivity (Wildman–Crippen MR) is 52.5 cm³/mol. The summed E-state index contributed by atoms with van der Waals surface area (Å²) in [5.74, 6) is 0. The molecular formula is C9H8Cl2O. The molecule has 3 heteroatoms. The van der Waals surface area contributed by atoms with Gasteiger partial charge in [0.05, 0.1) is 13.4 Å². The Morgan fingerprint density at radius 2 is 2.08 bits per heavy atom. The second-order valence-corrected chi connectivity index (χ2v) is 3.05. The Morgan fingerprint density at radius 3 is 2.75 bits per heavy atom. The van der Waals surface area contributed by atoms with Crippen LogP contribution in [0.15, 0.2) is 24.5 Å². The molecule has 0 N–H and O–H groups in total. The van der Waals surface area contributed by atoms with Crippen molar-refractivity contribution < 1.29 is 4.74 Å². The van der Waals surface area contributed by atoms with E-state index in [0.29, 0.717) is 10.0 Å². The summed E-state index contributed by atoms with van der Waals surface area (Å²) in [6, 6.07) is 5.27. The highest BCUT2D eigenvalue weighted by Gasteiger charge is 1.96. The molecule has 1 rings (SSSR count). The molecule has 12 heavy (non-hydrogen) atoms. The van der Waals surface area contributed by atoms with Crippen LogP contribution in [0.25, 0.3) is 6.08 Å². The summed E-state index contributed by atoms with van der Waals surface area (Å²) >= 11 is 11.6. The molecule has 0 saturated heterocycles. The van der Waals surface area contributed by atoms with Crippen LogP contribution in [0.4, 0.5) is 0 Å². The van der Waals surface area contributed by atoms with Gasteiger partial charge >= 0.3 is 0 Å². The third-order valence-corrected chi connectivity index (χ3v) is 1.92. The van der Waals surface area contributed by atoms with E-state index in [9.17, 15) is 0 Å². The first-order valence-corrected chi connectivity index (χ1v) is 4.14. The summed E-state index contributed by atoms with van der Waals surface area (Å²) in [5, 5.41) is 1.32. The van der Waals surface area contributed by atoms with Crippen LogP contribution < -0.4 is 0 Å². The lowest BCUT2D eigenvalue weighted by Crippen LogP contribution is -1.75. The van der Waals surface area contributed by atoms with Gasteiger partial charge < -0.3 is 4.74 Å². The van der Waals surface area contributed by atoms with E-state index in [-0.39, 0.29) is 0 Å². The molecule has 0 aliphatic heterocycles. The van der Waals surface area contributed by atoms with Crippen molar-refractivity contribution in [3.63, 3.8) is 0 Å². The highest BCUT2D eigenvalue weighted by Crippen LogP contribution is 2.21. The Balaban J connectivity index is 2.97. The molecule has 64 valence electrons. The first kappa shape index (κ1) is 9.43. The van der Waals surface area contributed by atoms with Crippen LogP contribution in [0, 0.1) is 0 Å². The lowest BCUT2D eigenvalue weighted by atomic mass is 10.2. The van der Waals surface area contributed by atoms with E-state index < -0.39 is 0 Å². The second kappa shape index (κ2) is 4.39. The van der Waals surface area contributed by atoms with Crippen LogP contribution in [-0.2, 0) is 4.74 Å². The number of hydrogen-bond acceptors (Lipinski definition) is 1. The van der Waals surface area contributed by atoms with Gasteiger partial charge in [-0.3, -0.25) is 0 Å². The van der Waals surface area contributed by atoms with Gasteiger partial charge in [-0.1, -0.05) is 23.2 Å². The summed E-state index contributed by atoms with van der Waals surface area (Å²) in [6.07, 6.45) is 3.31. The number of rotatable bonds is 2. The van der Waals surface area contributed by atoms with Gasteiger partial charge in [-0.25, -0.2) is 0 Å². The smallest absolute Gasteiger partial charge is 0.0831 e. The van der Waals surface area contributed by atoms with E-state index in [0.717, 1.165) is 5.56 Å². The van der Waals surface area contributed by atoms with Gasteiger partial charge in [0.15, 0.2) is 0 Å². The molecule has 0 fully saturated rings. The first-order valence-electron chi connectivity index (χ1n) is 3.38.